The molecule has 1 N–H and O–H groups in total. The van der Waals surface area contributed by atoms with Crippen molar-refractivity contribution >= 4 is 27.4 Å². The van der Waals surface area contributed by atoms with Crippen molar-refractivity contribution in [3.63, 3.8) is 0 Å². The Kier molecular flexibility index (Phi) is 5.39. The fourth-order valence-corrected chi connectivity index (χ4v) is 6.08. The van der Waals surface area contributed by atoms with Crippen LogP contribution in [0.3, 0.4) is 0 Å². The predicted molar refractivity (Wildman–Crippen MR) is 117 cm³/mol. The number of hydrogen-bond donors (Lipinski definition) is 1. The van der Waals surface area contributed by atoms with Crippen molar-refractivity contribution in [1.29, 1.82) is 0 Å². The lowest BCUT2D eigenvalue weighted by Gasteiger charge is -2.32. The molecule has 0 radical (unpaired) electrons. The van der Waals surface area contributed by atoms with Gasteiger partial charge < -0.3 is 10.0 Å². The molecule has 0 amide bonds. The molecule has 1 saturated heterocycles. The van der Waals surface area contributed by atoms with Gasteiger partial charge in [0.25, 0.3) is 0 Å². The molecule has 5 rings (SSSR count). The van der Waals surface area contributed by atoms with E-state index in [0.717, 1.165) is 86.4 Å². The van der Waals surface area contributed by atoms with Crippen LogP contribution in [0.15, 0.2) is 23.0 Å². The molecule has 2 aromatic heterocycles. The SMILES string of the molecule is O=C(O)c1sc2cc(F)ccc2c1C1CCN(CCn2nc3n(c2=O)CCCC3)CC1. The number of rotatable bonds is 5. The molecular formula is C22H25FN4O3S. The van der Waals surface area contributed by atoms with Gasteiger partial charge in [0.15, 0.2) is 0 Å². The number of fused-ring (bicyclic) bond motifs is 2. The van der Waals surface area contributed by atoms with Crippen LogP contribution in [0.25, 0.3) is 10.1 Å². The van der Waals surface area contributed by atoms with E-state index < -0.39 is 5.97 Å². The quantitative estimate of drug-likeness (QED) is 0.653. The summed E-state index contributed by atoms with van der Waals surface area (Å²) in [6.45, 7) is 3.77. The van der Waals surface area contributed by atoms with Crippen LogP contribution >= 0.6 is 11.3 Å². The third-order valence-electron chi connectivity index (χ3n) is 6.54. The normalized spacial score (nSPS) is 17.8. The van der Waals surface area contributed by atoms with Crippen LogP contribution in [0.4, 0.5) is 4.39 Å². The molecule has 31 heavy (non-hydrogen) atoms. The maximum atomic E-state index is 13.6. The average molecular weight is 445 g/mol. The van der Waals surface area contributed by atoms with Crippen LogP contribution in [-0.2, 0) is 19.5 Å². The van der Waals surface area contributed by atoms with Gasteiger partial charge in [0.05, 0.1) is 6.54 Å². The van der Waals surface area contributed by atoms with E-state index in [4.69, 9.17) is 0 Å². The number of aromatic carboxylic acids is 1. The van der Waals surface area contributed by atoms with Crippen molar-refractivity contribution in [3.05, 3.63) is 50.8 Å². The zero-order valence-corrected chi connectivity index (χ0v) is 18.0. The lowest BCUT2D eigenvalue weighted by atomic mass is 9.87. The third-order valence-corrected chi connectivity index (χ3v) is 7.70. The second-order valence-electron chi connectivity index (χ2n) is 8.44. The first-order valence-electron chi connectivity index (χ1n) is 10.9. The Hall–Kier alpha value is -2.52. The Bertz CT molecular complexity index is 1190. The van der Waals surface area contributed by atoms with Gasteiger partial charge in [-0.15, -0.1) is 11.3 Å². The summed E-state index contributed by atoms with van der Waals surface area (Å²) in [5, 5.41) is 15.1. The van der Waals surface area contributed by atoms with Crippen LogP contribution in [0.2, 0.25) is 0 Å². The number of halogens is 1. The molecule has 164 valence electrons. The van der Waals surface area contributed by atoms with Crippen molar-refractivity contribution in [1.82, 2.24) is 19.2 Å². The minimum absolute atomic E-state index is 0.00680. The van der Waals surface area contributed by atoms with Gasteiger partial charge in [-0.25, -0.2) is 18.7 Å². The summed E-state index contributed by atoms with van der Waals surface area (Å²) < 4.78 is 17.7. The predicted octanol–water partition coefficient (Wildman–Crippen LogP) is 3.31. The first kappa shape index (κ1) is 20.4. The number of hydrogen-bond acceptors (Lipinski definition) is 5. The molecule has 4 heterocycles. The molecule has 0 bridgehead atoms. The Morgan fingerprint density at radius 3 is 2.74 bits per heavy atom. The summed E-state index contributed by atoms with van der Waals surface area (Å²) in [4.78, 5) is 27.0. The highest BCUT2D eigenvalue weighted by Crippen LogP contribution is 2.40. The van der Waals surface area contributed by atoms with Gasteiger partial charge in [-0.1, -0.05) is 6.07 Å². The van der Waals surface area contributed by atoms with Crippen molar-refractivity contribution in [2.24, 2.45) is 0 Å². The van der Waals surface area contributed by atoms with Crippen LogP contribution in [0, 0.1) is 5.82 Å². The number of aryl methyl sites for hydroxylation is 1. The summed E-state index contributed by atoms with van der Waals surface area (Å²) in [6, 6.07) is 4.54. The van der Waals surface area contributed by atoms with Crippen molar-refractivity contribution in [3.8, 4) is 0 Å². The second-order valence-corrected chi connectivity index (χ2v) is 9.49. The number of benzene rings is 1. The number of carbonyl (C=O) groups is 1. The van der Waals surface area contributed by atoms with E-state index in [1.807, 2.05) is 0 Å². The first-order valence-corrected chi connectivity index (χ1v) is 11.7. The monoisotopic (exact) mass is 444 g/mol. The Labute approximate surface area is 182 Å². The highest BCUT2D eigenvalue weighted by molar-refractivity contribution is 7.21. The minimum atomic E-state index is -0.942. The molecule has 1 aromatic carbocycles. The summed E-state index contributed by atoms with van der Waals surface area (Å²) in [5.41, 5.74) is 0.845. The fraction of sp³-hybridized carbons (Fsp3) is 0.500. The molecule has 2 aliphatic heterocycles. The molecule has 3 aromatic rings. The maximum Gasteiger partial charge on any atom is 0.346 e. The van der Waals surface area contributed by atoms with E-state index >= 15 is 0 Å². The molecule has 0 aliphatic carbocycles. The lowest BCUT2D eigenvalue weighted by molar-refractivity contribution is 0.0700. The molecule has 0 saturated carbocycles. The highest BCUT2D eigenvalue weighted by Gasteiger charge is 2.28. The van der Waals surface area contributed by atoms with E-state index in [2.05, 4.69) is 10.00 Å². The van der Waals surface area contributed by atoms with Gasteiger partial charge in [0.2, 0.25) is 0 Å². The number of nitrogens with zero attached hydrogens (tertiary/aromatic N) is 4. The number of likely N-dealkylation sites (tertiary alicyclic amines) is 1. The largest absolute Gasteiger partial charge is 0.477 e. The van der Waals surface area contributed by atoms with Gasteiger partial charge in [-0.05, 0) is 67.8 Å². The first-order chi connectivity index (χ1) is 15.0. The molecule has 9 heteroatoms. The van der Waals surface area contributed by atoms with Gasteiger partial charge in [-0.3, -0.25) is 4.57 Å². The zero-order chi connectivity index (χ0) is 21.5. The van der Waals surface area contributed by atoms with E-state index in [0.29, 0.717) is 16.1 Å². The topological polar surface area (TPSA) is 80.4 Å². The highest BCUT2D eigenvalue weighted by atomic mass is 32.1. The summed E-state index contributed by atoms with van der Waals surface area (Å²) in [6.07, 6.45) is 4.69. The molecule has 7 nitrogen and oxygen atoms in total. The number of aromatic nitrogens is 3. The van der Waals surface area contributed by atoms with Crippen molar-refractivity contribution in [2.75, 3.05) is 19.6 Å². The molecular weight excluding hydrogens is 419 g/mol. The maximum absolute atomic E-state index is 13.6. The molecule has 1 fully saturated rings. The van der Waals surface area contributed by atoms with Crippen molar-refractivity contribution in [2.45, 2.75) is 51.1 Å². The van der Waals surface area contributed by atoms with E-state index in [-0.39, 0.29) is 17.4 Å². The van der Waals surface area contributed by atoms with E-state index in [1.165, 1.54) is 12.1 Å². The number of thiophene rings is 1. The average Bonchev–Trinajstić information content (AvgIpc) is 3.30. The van der Waals surface area contributed by atoms with E-state index in [9.17, 15) is 19.1 Å². The minimum Gasteiger partial charge on any atom is -0.477 e. The Morgan fingerprint density at radius 1 is 1.19 bits per heavy atom. The number of carboxylic acid groups (broad SMARTS) is 1. The van der Waals surface area contributed by atoms with Crippen LogP contribution in [-0.4, -0.2) is 50.0 Å². The zero-order valence-electron chi connectivity index (χ0n) is 17.2. The molecule has 2 aliphatic rings. The number of carboxylic acids is 1. The van der Waals surface area contributed by atoms with Gasteiger partial charge in [-0.2, -0.15) is 5.10 Å². The number of piperidine rings is 1. The van der Waals surface area contributed by atoms with Gasteiger partial charge in [0.1, 0.15) is 16.5 Å². The summed E-state index contributed by atoms with van der Waals surface area (Å²) in [5.74, 6) is -0.244. The standard InChI is InChI=1S/C22H25FN4O3S/c23-15-4-5-16-17(13-15)31-20(21(28)29)19(16)14-6-9-25(10-7-14)11-12-27-22(30)26-8-2-1-3-18(26)24-27/h4-5,13-14H,1-3,6-12H2,(H,28,29). The smallest absolute Gasteiger partial charge is 0.346 e. The fourth-order valence-electron chi connectivity index (χ4n) is 4.93. The second kappa shape index (κ2) is 8.20. The molecule has 0 spiro atoms. The Morgan fingerprint density at radius 2 is 2.00 bits per heavy atom. The van der Waals surface area contributed by atoms with Crippen LogP contribution in [0.5, 0.6) is 0 Å². The lowest BCUT2D eigenvalue weighted by Crippen LogP contribution is -2.37. The molecule has 0 unspecified atom stereocenters. The van der Waals surface area contributed by atoms with E-state index in [1.54, 1.807) is 15.3 Å². The molecule has 0 atom stereocenters. The van der Waals surface area contributed by atoms with Gasteiger partial charge in [0, 0.05) is 24.2 Å². The van der Waals surface area contributed by atoms with Gasteiger partial charge >= 0.3 is 11.7 Å². The summed E-state index contributed by atoms with van der Waals surface area (Å²) in [7, 11) is 0. The van der Waals surface area contributed by atoms with Crippen LogP contribution in [0.1, 0.15) is 52.7 Å². The summed E-state index contributed by atoms with van der Waals surface area (Å²) >= 11 is 1.16. The van der Waals surface area contributed by atoms with Crippen molar-refractivity contribution < 1.29 is 14.3 Å². The van der Waals surface area contributed by atoms with Crippen LogP contribution < -0.4 is 5.69 Å². The third kappa shape index (κ3) is 3.80. The Balaban J connectivity index is 1.27.